The summed E-state index contributed by atoms with van der Waals surface area (Å²) >= 11 is 0. The van der Waals surface area contributed by atoms with Gasteiger partial charge in [-0.25, -0.2) is 14.4 Å². The monoisotopic (exact) mass is 579 g/mol. The summed E-state index contributed by atoms with van der Waals surface area (Å²) in [6.07, 6.45) is -0.167. The number of hydrogen-bond donors (Lipinski definition) is 3. The normalized spacial score (nSPS) is 14.1. The van der Waals surface area contributed by atoms with Gasteiger partial charge in [0.15, 0.2) is 0 Å². The van der Waals surface area contributed by atoms with Gasteiger partial charge in [-0.2, -0.15) is 0 Å². The molecule has 11 nitrogen and oxygen atoms in total. The number of methoxy groups -OCH3 is 2. The van der Waals surface area contributed by atoms with Crippen molar-refractivity contribution in [3.63, 3.8) is 0 Å². The topological polar surface area (TPSA) is 149 Å². The first-order chi connectivity index (χ1) is 17.4. The number of carbonyl (C=O) groups is 5. The van der Waals surface area contributed by atoms with Gasteiger partial charge >= 0.3 is 18.0 Å². The zero-order chi connectivity index (χ0) is 29.7. The number of rotatable bonds is 14. The Morgan fingerprint density at radius 1 is 0.737 bits per heavy atom. The zero-order valence-corrected chi connectivity index (χ0v) is 25.9. The summed E-state index contributed by atoms with van der Waals surface area (Å²) in [5, 5.41) is 7.90. The van der Waals surface area contributed by atoms with Gasteiger partial charge in [0, 0.05) is 17.9 Å². The molecule has 0 heterocycles. The molecule has 0 fully saturated rings. The van der Waals surface area contributed by atoms with E-state index in [0.717, 1.165) is 0 Å². The Labute approximate surface area is 234 Å². The lowest BCUT2D eigenvalue weighted by Gasteiger charge is -2.25. The maximum atomic E-state index is 13.0. The Kier molecular flexibility index (Phi) is 15.8. The lowest BCUT2D eigenvalue weighted by atomic mass is 9.92. The predicted molar refractivity (Wildman–Crippen MR) is 149 cm³/mol. The predicted octanol–water partition coefficient (Wildman–Crippen LogP) is 3.06. The van der Waals surface area contributed by atoms with E-state index >= 15 is 0 Å². The quantitative estimate of drug-likeness (QED) is 0.121. The van der Waals surface area contributed by atoms with Gasteiger partial charge in [-0.15, -0.1) is 0 Å². The summed E-state index contributed by atoms with van der Waals surface area (Å²) in [6, 6.07) is -2.80. The fraction of sp³-hybridized carbons (Fsp3) is 0.800. The summed E-state index contributed by atoms with van der Waals surface area (Å²) in [4.78, 5) is 62.1. The fourth-order valence-electron chi connectivity index (χ4n) is 3.01. The van der Waals surface area contributed by atoms with Crippen LogP contribution in [-0.2, 0) is 33.4 Å². The largest absolute Gasteiger partial charge is 0.467 e. The van der Waals surface area contributed by atoms with Crippen molar-refractivity contribution in [1.29, 1.82) is 0 Å². The first kappa shape index (κ1) is 35.9. The summed E-state index contributed by atoms with van der Waals surface area (Å²) in [5.41, 5.74) is -0.982. The molecule has 0 spiro atoms. The molecule has 13 heteroatoms. The molecule has 0 aliphatic heterocycles. The van der Waals surface area contributed by atoms with Crippen LogP contribution in [0.2, 0.25) is 0 Å². The molecular formula is C25H45N3O8S2. The van der Waals surface area contributed by atoms with Crippen LogP contribution in [0.4, 0.5) is 4.79 Å². The van der Waals surface area contributed by atoms with Crippen LogP contribution in [0.5, 0.6) is 0 Å². The Morgan fingerprint density at radius 3 is 1.61 bits per heavy atom. The van der Waals surface area contributed by atoms with Crippen LogP contribution in [0, 0.1) is 11.3 Å². The van der Waals surface area contributed by atoms with E-state index in [1.807, 2.05) is 34.6 Å². The van der Waals surface area contributed by atoms with E-state index in [-0.39, 0.29) is 35.2 Å². The number of nitrogens with one attached hydrogen (secondary N) is 3. The second-order valence-corrected chi connectivity index (χ2v) is 13.9. The number of ether oxygens (including phenoxy) is 3. The van der Waals surface area contributed by atoms with E-state index in [4.69, 9.17) is 14.2 Å². The van der Waals surface area contributed by atoms with Crippen LogP contribution in [-0.4, -0.2) is 79.3 Å². The molecule has 3 atom stereocenters. The molecule has 0 aliphatic carbocycles. The highest BCUT2D eigenvalue weighted by molar-refractivity contribution is 8.76. The molecule has 0 aromatic heterocycles. The van der Waals surface area contributed by atoms with Crippen LogP contribution in [0.1, 0.15) is 68.2 Å². The molecule has 0 rings (SSSR count). The molecule has 0 aliphatic rings. The van der Waals surface area contributed by atoms with Gasteiger partial charge < -0.3 is 30.2 Å². The van der Waals surface area contributed by atoms with Gasteiger partial charge in [-0.05, 0) is 38.5 Å². The SMILES string of the molecule is COC(=O)C(CSSCC(NC(=O)C(CC(C)C)NC(=O)OC(C)(C)C)C(=O)OC)NC(=O)CC(C)(C)C. The first-order valence-electron chi connectivity index (χ1n) is 12.4. The number of alkyl carbamates (subject to hydrolysis) is 1. The Balaban J connectivity index is 5.19. The zero-order valence-electron chi connectivity index (χ0n) is 24.2. The third-order valence-corrected chi connectivity index (χ3v) is 7.00. The van der Waals surface area contributed by atoms with Gasteiger partial charge in [0.25, 0.3) is 0 Å². The maximum absolute atomic E-state index is 13.0. The van der Waals surface area contributed by atoms with Crippen molar-refractivity contribution in [2.24, 2.45) is 11.3 Å². The Morgan fingerprint density at radius 2 is 1.21 bits per heavy atom. The van der Waals surface area contributed by atoms with E-state index in [1.165, 1.54) is 35.8 Å². The molecule has 0 bridgehead atoms. The van der Waals surface area contributed by atoms with Gasteiger partial charge in [-0.1, -0.05) is 56.2 Å². The highest BCUT2D eigenvalue weighted by Gasteiger charge is 2.30. The molecule has 0 aromatic carbocycles. The molecule has 0 radical (unpaired) electrons. The average molecular weight is 580 g/mol. The molecule has 0 saturated heterocycles. The molecule has 0 saturated carbocycles. The van der Waals surface area contributed by atoms with Crippen LogP contribution in [0.3, 0.4) is 0 Å². The average Bonchev–Trinajstić information content (AvgIpc) is 2.75. The number of hydrogen-bond acceptors (Lipinski definition) is 10. The van der Waals surface area contributed by atoms with Crippen molar-refractivity contribution in [3.05, 3.63) is 0 Å². The van der Waals surface area contributed by atoms with Crippen molar-refractivity contribution in [3.8, 4) is 0 Å². The lowest BCUT2D eigenvalue weighted by Crippen LogP contribution is -2.53. The third-order valence-electron chi connectivity index (χ3n) is 4.58. The minimum absolute atomic E-state index is 0.0749. The van der Waals surface area contributed by atoms with E-state index in [2.05, 4.69) is 16.0 Å². The van der Waals surface area contributed by atoms with Crippen LogP contribution < -0.4 is 16.0 Å². The molecule has 38 heavy (non-hydrogen) atoms. The first-order valence-corrected chi connectivity index (χ1v) is 14.9. The summed E-state index contributed by atoms with van der Waals surface area (Å²) < 4.78 is 14.9. The number of carbonyl (C=O) groups excluding carboxylic acids is 5. The summed E-state index contributed by atoms with van der Waals surface area (Å²) in [5.74, 6) is -1.68. The van der Waals surface area contributed by atoms with Crippen molar-refractivity contribution in [1.82, 2.24) is 16.0 Å². The van der Waals surface area contributed by atoms with Gasteiger partial charge in [0.2, 0.25) is 11.8 Å². The van der Waals surface area contributed by atoms with Crippen LogP contribution >= 0.6 is 21.6 Å². The Bertz CT molecular complexity index is 809. The maximum Gasteiger partial charge on any atom is 0.408 e. The second kappa shape index (κ2) is 16.7. The van der Waals surface area contributed by atoms with Gasteiger partial charge in [0.1, 0.15) is 23.7 Å². The number of esters is 2. The van der Waals surface area contributed by atoms with Crippen LogP contribution in [0.15, 0.2) is 0 Å². The fourth-order valence-corrected chi connectivity index (χ4v) is 5.30. The van der Waals surface area contributed by atoms with Crippen molar-refractivity contribution >= 4 is 51.4 Å². The van der Waals surface area contributed by atoms with E-state index in [9.17, 15) is 24.0 Å². The van der Waals surface area contributed by atoms with Gasteiger partial charge in [0.05, 0.1) is 14.2 Å². The van der Waals surface area contributed by atoms with E-state index < -0.39 is 47.7 Å². The molecule has 3 N–H and O–H groups in total. The second-order valence-electron chi connectivity index (χ2n) is 11.4. The van der Waals surface area contributed by atoms with Crippen molar-refractivity contribution in [2.75, 3.05) is 25.7 Å². The molecule has 0 aromatic rings. The summed E-state index contributed by atoms with van der Waals surface area (Å²) in [7, 11) is 4.91. The molecule has 3 unspecified atom stereocenters. The smallest absolute Gasteiger partial charge is 0.408 e. The standard InChI is InChI=1S/C25H45N3O8S2/c1-15(2)11-16(28-23(33)36-25(6,7)8)20(30)27-18(22(32)35-10)14-38-37-13-17(21(31)34-9)26-19(29)12-24(3,4)5/h15-18H,11-14H2,1-10H3,(H,26,29)(H,27,30)(H,28,33). The van der Waals surface area contributed by atoms with E-state index in [1.54, 1.807) is 20.8 Å². The van der Waals surface area contributed by atoms with Gasteiger partial charge in [-0.3, -0.25) is 9.59 Å². The van der Waals surface area contributed by atoms with Crippen LogP contribution in [0.25, 0.3) is 0 Å². The molecular weight excluding hydrogens is 534 g/mol. The third kappa shape index (κ3) is 16.6. The molecule has 3 amide bonds. The molecule has 220 valence electrons. The minimum Gasteiger partial charge on any atom is -0.467 e. The van der Waals surface area contributed by atoms with E-state index in [0.29, 0.717) is 6.42 Å². The minimum atomic E-state index is -1.01. The lowest BCUT2D eigenvalue weighted by molar-refractivity contribution is -0.144. The van der Waals surface area contributed by atoms with Crippen molar-refractivity contribution in [2.45, 2.75) is 92.0 Å². The highest BCUT2D eigenvalue weighted by atomic mass is 33.1. The number of amides is 3. The summed E-state index contributed by atoms with van der Waals surface area (Å²) in [6.45, 7) is 14.7. The van der Waals surface area contributed by atoms with Crippen molar-refractivity contribution < 1.29 is 38.2 Å². The highest BCUT2D eigenvalue weighted by Crippen LogP contribution is 2.24. The Hall–Kier alpha value is -2.15.